The van der Waals surface area contributed by atoms with E-state index >= 15 is 0 Å². The van der Waals surface area contributed by atoms with Crippen LogP contribution in [0.3, 0.4) is 0 Å². The van der Waals surface area contributed by atoms with Crippen molar-refractivity contribution in [2.45, 2.75) is 130 Å². The van der Waals surface area contributed by atoms with Crippen LogP contribution < -0.4 is 0 Å². The van der Waals surface area contributed by atoms with Gasteiger partial charge in [0.1, 0.15) is 5.60 Å². The first kappa shape index (κ1) is 28.8. The standard InChI is InChI=1S/C33H48O6/c1-18(2)23-10-13-32(8)26(38-32)11-12-31(7)25(16-23)33-17-19(3)14-24(36-9)15-20(4)29(37-22(6)34)28(35)27(33)21(5)30(31)39-33/h14,16,18,20,24-26,29-30H,10-13,15,17H2,1-9H3/b19-14+,23-16+/t20-,24+,25-,26-,29+,30-,31-,32-,33-/m0/s1. The second-order valence-electron chi connectivity index (χ2n) is 13.9. The highest BCUT2D eigenvalue weighted by Crippen LogP contribution is 2.66. The van der Waals surface area contributed by atoms with Gasteiger partial charge < -0.3 is 18.9 Å². The molecule has 0 aromatic heterocycles. The number of epoxide rings is 1. The zero-order valence-electron chi connectivity index (χ0n) is 25.4. The Morgan fingerprint density at radius 2 is 1.85 bits per heavy atom. The number of carbonyl (C=O) groups is 2. The number of fused-ring (bicyclic) bond motifs is 4. The molecule has 6 heteroatoms. The lowest BCUT2D eigenvalue weighted by Crippen LogP contribution is -2.50. The molecule has 3 aliphatic heterocycles. The van der Waals surface area contributed by atoms with Crippen molar-refractivity contribution in [3.05, 3.63) is 34.4 Å². The highest BCUT2D eigenvalue weighted by molar-refractivity contribution is 6.03. The van der Waals surface area contributed by atoms with Gasteiger partial charge in [0.05, 0.1) is 23.9 Å². The summed E-state index contributed by atoms with van der Waals surface area (Å²) >= 11 is 0. The van der Waals surface area contributed by atoms with Crippen molar-refractivity contribution in [2.24, 2.45) is 23.2 Å². The molecular weight excluding hydrogens is 492 g/mol. The first-order valence-corrected chi connectivity index (χ1v) is 14.9. The fraction of sp³-hybridized carbons (Fsp3) is 0.758. The lowest BCUT2D eigenvalue weighted by molar-refractivity contribution is -0.156. The van der Waals surface area contributed by atoms with E-state index in [1.807, 2.05) is 6.92 Å². The summed E-state index contributed by atoms with van der Waals surface area (Å²) in [5.74, 6) is -0.328. The Hall–Kier alpha value is -1.76. The molecule has 3 heterocycles. The lowest BCUT2D eigenvalue weighted by Gasteiger charge is -2.45. The van der Waals surface area contributed by atoms with E-state index in [2.05, 4.69) is 53.7 Å². The smallest absolute Gasteiger partial charge is 0.303 e. The number of ether oxygens (including phenoxy) is 4. The van der Waals surface area contributed by atoms with Crippen LogP contribution in [-0.4, -0.2) is 54.5 Å². The first-order chi connectivity index (χ1) is 18.3. The van der Waals surface area contributed by atoms with Crippen LogP contribution in [0.4, 0.5) is 0 Å². The van der Waals surface area contributed by atoms with Crippen molar-refractivity contribution < 1.29 is 28.5 Å². The van der Waals surface area contributed by atoms with Gasteiger partial charge in [0, 0.05) is 43.3 Å². The molecule has 9 atom stereocenters. The van der Waals surface area contributed by atoms with Crippen LogP contribution in [0.1, 0.15) is 93.9 Å². The molecule has 5 rings (SSSR count). The molecule has 0 aromatic rings. The van der Waals surface area contributed by atoms with E-state index in [4.69, 9.17) is 18.9 Å². The summed E-state index contributed by atoms with van der Waals surface area (Å²) in [7, 11) is 1.70. The molecule has 0 aromatic carbocycles. The fourth-order valence-corrected chi connectivity index (χ4v) is 8.38. The SMILES string of the molecule is CO[C@@H]1/C=C(\C)C[C@@]23O[C@@H](C(C)=C2C(=O)[C@H](OC(C)=O)[C@@H](C)C1)[C@@]1(C)CC[C@@H]2O[C@@]2(C)CC/C(C(C)C)=C\[C@@H]13. The van der Waals surface area contributed by atoms with Gasteiger partial charge in [-0.3, -0.25) is 9.59 Å². The molecule has 0 amide bonds. The van der Waals surface area contributed by atoms with Crippen molar-refractivity contribution in [1.29, 1.82) is 0 Å². The minimum absolute atomic E-state index is 0.0233. The van der Waals surface area contributed by atoms with Gasteiger partial charge in [0.15, 0.2) is 6.10 Å². The van der Waals surface area contributed by atoms with E-state index in [1.54, 1.807) is 7.11 Å². The van der Waals surface area contributed by atoms with Crippen molar-refractivity contribution >= 4 is 11.8 Å². The van der Waals surface area contributed by atoms with Gasteiger partial charge in [-0.25, -0.2) is 0 Å². The van der Waals surface area contributed by atoms with Crippen LogP contribution in [0, 0.1) is 23.2 Å². The van der Waals surface area contributed by atoms with Crippen LogP contribution in [-0.2, 0) is 28.5 Å². The number of hydrogen-bond acceptors (Lipinski definition) is 6. The average molecular weight is 541 g/mol. The largest absolute Gasteiger partial charge is 0.454 e. The van der Waals surface area contributed by atoms with Gasteiger partial charge in [-0.2, -0.15) is 0 Å². The van der Waals surface area contributed by atoms with Crippen molar-refractivity contribution in [1.82, 2.24) is 0 Å². The van der Waals surface area contributed by atoms with Crippen LogP contribution >= 0.6 is 0 Å². The minimum Gasteiger partial charge on any atom is -0.454 e. The summed E-state index contributed by atoms with van der Waals surface area (Å²) in [6.45, 7) is 16.7. The van der Waals surface area contributed by atoms with Gasteiger partial charge in [0.2, 0.25) is 5.78 Å². The second kappa shape index (κ2) is 9.95. The Labute approximate surface area is 234 Å². The number of methoxy groups -OCH3 is 1. The molecule has 216 valence electrons. The number of Topliss-reactive ketones (excluding diaryl/α,β-unsaturated/α-hetero) is 1. The summed E-state index contributed by atoms with van der Waals surface area (Å²) in [5.41, 5.74) is 3.32. The lowest BCUT2D eigenvalue weighted by atomic mass is 9.56. The Balaban J connectivity index is 1.70. The summed E-state index contributed by atoms with van der Waals surface area (Å²) in [6.07, 6.45) is 8.92. The van der Waals surface area contributed by atoms with E-state index in [1.165, 1.54) is 12.5 Å². The summed E-state index contributed by atoms with van der Waals surface area (Å²) in [5, 5.41) is 0. The molecule has 0 N–H and O–H groups in total. The molecule has 2 saturated heterocycles. The predicted octanol–water partition coefficient (Wildman–Crippen LogP) is 6.28. The number of ketones is 1. The first-order valence-electron chi connectivity index (χ1n) is 14.9. The number of allylic oxidation sites excluding steroid dienone is 1. The normalized spacial score (nSPS) is 46.9. The monoisotopic (exact) mass is 540 g/mol. The van der Waals surface area contributed by atoms with Gasteiger partial charge in [-0.05, 0) is 64.4 Å². The molecule has 0 radical (unpaired) electrons. The van der Waals surface area contributed by atoms with E-state index in [0.29, 0.717) is 18.8 Å². The Bertz CT molecular complexity index is 1130. The molecule has 0 unspecified atom stereocenters. The quantitative estimate of drug-likeness (QED) is 0.238. The molecule has 2 fully saturated rings. The molecule has 1 spiro atoms. The van der Waals surface area contributed by atoms with E-state index in [-0.39, 0.29) is 46.9 Å². The van der Waals surface area contributed by atoms with Gasteiger partial charge in [-0.15, -0.1) is 0 Å². The summed E-state index contributed by atoms with van der Waals surface area (Å²) in [4.78, 5) is 26.8. The highest BCUT2D eigenvalue weighted by atomic mass is 16.6. The fourth-order valence-electron chi connectivity index (χ4n) is 8.38. The van der Waals surface area contributed by atoms with Crippen LogP contribution in [0.15, 0.2) is 34.4 Å². The maximum absolute atomic E-state index is 14.5. The Kier molecular flexibility index (Phi) is 7.34. The highest BCUT2D eigenvalue weighted by Gasteiger charge is 2.69. The second-order valence-corrected chi connectivity index (χ2v) is 13.9. The zero-order chi connectivity index (χ0) is 28.5. The number of carbonyl (C=O) groups excluding carboxylic acids is 2. The van der Waals surface area contributed by atoms with Crippen LogP contribution in [0.2, 0.25) is 0 Å². The predicted molar refractivity (Wildman–Crippen MR) is 150 cm³/mol. The third-order valence-corrected chi connectivity index (χ3v) is 10.6. The van der Waals surface area contributed by atoms with Crippen molar-refractivity contribution in [3.8, 4) is 0 Å². The van der Waals surface area contributed by atoms with E-state index in [0.717, 1.165) is 42.4 Å². The molecule has 2 aliphatic carbocycles. The molecular formula is C33H48O6. The third-order valence-electron chi connectivity index (χ3n) is 10.6. The van der Waals surface area contributed by atoms with Crippen molar-refractivity contribution in [2.75, 3.05) is 7.11 Å². The summed E-state index contributed by atoms with van der Waals surface area (Å²) in [6, 6.07) is 0. The van der Waals surface area contributed by atoms with Crippen molar-refractivity contribution in [3.63, 3.8) is 0 Å². The maximum atomic E-state index is 14.5. The number of esters is 1. The summed E-state index contributed by atoms with van der Waals surface area (Å²) < 4.78 is 25.0. The number of hydrogen-bond donors (Lipinski definition) is 0. The maximum Gasteiger partial charge on any atom is 0.303 e. The average Bonchev–Trinajstić information content (AvgIpc) is 3.32. The van der Waals surface area contributed by atoms with Crippen LogP contribution in [0.5, 0.6) is 0 Å². The minimum atomic E-state index is -0.864. The molecule has 39 heavy (non-hydrogen) atoms. The van der Waals surface area contributed by atoms with Gasteiger partial charge >= 0.3 is 5.97 Å². The topological polar surface area (TPSA) is 74.4 Å². The molecule has 0 saturated carbocycles. The number of rotatable bonds is 3. The third kappa shape index (κ3) is 4.68. The molecule has 5 aliphatic rings. The van der Waals surface area contributed by atoms with E-state index < -0.39 is 17.7 Å². The molecule has 2 bridgehead atoms. The van der Waals surface area contributed by atoms with Gasteiger partial charge in [-0.1, -0.05) is 51.0 Å². The Morgan fingerprint density at radius 1 is 1.13 bits per heavy atom. The van der Waals surface area contributed by atoms with Crippen LogP contribution in [0.25, 0.3) is 0 Å². The van der Waals surface area contributed by atoms with Gasteiger partial charge in [0.25, 0.3) is 0 Å². The Morgan fingerprint density at radius 3 is 2.49 bits per heavy atom. The zero-order valence-corrected chi connectivity index (χ0v) is 25.4. The van der Waals surface area contributed by atoms with E-state index in [9.17, 15) is 9.59 Å². The molecule has 6 nitrogen and oxygen atoms in total.